The fourth-order valence-electron chi connectivity index (χ4n) is 0.794. The molecule has 0 aromatic carbocycles. The molecule has 0 spiro atoms. The maximum Gasteiger partial charge on any atom is 0.280 e. The van der Waals surface area contributed by atoms with Crippen molar-refractivity contribution in [2.24, 2.45) is 0 Å². The molecular formula is C7H6F2N2O2. The number of anilines is 1. The highest BCUT2D eigenvalue weighted by molar-refractivity contribution is 5.80. The van der Waals surface area contributed by atoms with Gasteiger partial charge in [0.1, 0.15) is 11.4 Å². The Hall–Kier alpha value is -1.72. The van der Waals surface area contributed by atoms with Crippen molar-refractivity contribution < 1.29 is 18.7 Å². The Morgan fingerprint density at radius 1 is 1.62 bits per heavy atom. The third-order valence-corrected chi connectivity index (χ3v) is 1.40. The molecule has 0 saturated carbocycles. The summed E-state index contributed by atoms with van der Waals surface area (Å²) in [5.74, 6) is -0.570. The minimum absolute atomic E-state index is 0.164. The maximum atomic E-state index is 12.1. The van der Waals surface area contributed by atoms with Crippen LogP contribution < -0.4 is 5.73 Å². The number of carbonyl (C=O) groups excluding carboxylic acids is 1. The number of hydrogen-bond acceptors (Lipinski definition) is 4. The predicted molar refractivity (Wildman–Crippen MR) is 40.7 cm³/mol. The fourth-order valence-corrected chi connectivity index (χ4v) is 0.794. The number of nitrogen functional groups attached to an aromatic ring is 1. The van der Waals surface area contributed by atoms with Crippen LogP contribution in [0.2, 0.25) is 0 Å². The molecule has 6 heteroatoms. The molecule has 1 rings (SSSR count). The normalized spacial score (nSPS) is 10.4. The lowest BCUT2D eigenvalue weighted by molar-refractivity contribution is 0.111. The van der Waals surface area contributed by atoms with Crippen LogP contribution in [-0.2, 0) is 0 Å². The van der Waals surface area contributed by atoms with E-state index in [1.807, 2.05) is 0 Å². The second-order valence-corrected chi connectivity index (χ2v) is 2.29. The maximum absolute atomic E-state index is 12.1. The summed E-state index contributed by atoms with van der Waals surface area (Å²) < 4.78 is 24.2. The summed E-state index contributed by atoms with van der Waals surface area (Å²) in [5, 5.41) is 9.04. The van der Waals surface area contributed by atoms with Gasteiger partial charge in [-0.3, -0.25) is 4.79 Å². The first kappa shape index (κ1) is 9.37. The van der Waals surface area contributed by atoms with Crippen LogP contribution in [0.4, 0.5) is 14.5 Å². The van der Waals surface area contributed by atoms with Crippen LogP contribution in [0.15, 0.2) is 6.07 Å². The molecule has 1 aromatic rings. The van der Waals surface area contributed by atoms with Crippen LogP contribution in [-0.4, -0.2) is 16.4 Å². The van der Waals surface area contributed by atoms with E-state index in [-0.39, 0.29) is 12.0 Å². The Morgan fingerprint density at radius 3 is 2.69 bits per heavy atom. The monoisotopic (exact) mass is 188 g/mol. The lowest BCUT2D eigenvalue weighted by atomic mass is 10.2. The van der Waals surface area contributed by atoms with E-state index in [0.29, 0.717) is 0 Å². The first-order chi connectivity index (χ1) is 6.06. The van der Waals surface area contributed by atoms with E-state index in [2.05, 4.69) is 4.98 Å². The van der Waals surface area contributed by atoms with Gasteiger partial charge in [0, 0.05) is 0 Å². The number of aldehydes is 1. The van der Waals surface area contributed by atoms with Gasteiger partial charge in [-0.15, -0.1) is 0 Å². The lowest BCUT2D eigenvalue weighted by Gasteiger charge is -2.04. The minimum Gasteiger partial charge on any atom is -0.504 e. The topological polar surface area (TPSA) is 76.2 Å². The van der Waals surface area contributed by atoms with Crippen molar-refractivity contribution in [3.8, 4) is 5.75 Å². The molecule has 13 heavy (non-hydrogen) atoms. The zero-order valence-corrected chi connectivity index (χ0v) is 6.37. The fraction of sp³-hybridized carbons (Fsp3) is 0.143. The van der Waals surface area contributed by atoms with E-state index < -0.39 is 23.6 Å². The number of pyridine rings is 1. The average Bonchev–Trinajstić information content (AvgIpc) is 2.09. The minimum atomic E-state index is -2.82. The van der Waals surface area contributed by atoms with E-state index in [9.17, 15) is 13.6 Å². The van der Waals surface area contributed by atoms with Gasteiger partial charge in [-0.2, -0.15) is 0 Å². The highest BCUT2D eigenvalue weighted by Crippen LogP contribution is 2.27. The number of nitrogens with two attached hydrogens (primary N) is 1. The standard InChI is InChI=1S/C7H6F2N2O2/c8-7(9)4-1-3(10)6(13)5(2-12)11-4/h1-2,7,13H,(H2,10,11). The van der Waals surface area contributed by atoms with Crippen molar-refractivity contribution in [1.29, 1.82) is 0 Å². The molecule has 0 radical (unpaired) electrons. The molecule has 0 bridgehead atoms. The third kappa shape index (κ3) is 1.71. The largest absolute Gasteiger partial charge is 0.504 e. The highest BCUT2D eigenvalue weighted by Gasteiger charge is 2.14. The molecule has 70 valence electrons. The Labute approximate surface area is 72.0 Å². The SMILES string of the molecule is Nc1cc(C(F)F)nc(C=O)c1O. The van der Waals surface area contributed by atoms with Crippen molar-refractivity contribution in [2.75, 3.05) is 5.73 Å². The van der Waals surface area contributed by atoms with Crippen molar-refractivity contribution in [2.45, 2.75) is 6.43 Å². The second-order valence-electron chi connectivity index (χ2n) is 2.29. The van der Waals surface area contributed by atoms with Crippen LogP contribution >= 0.6 is 0 Å². The zero-order chi connectivity index (χ0) is 10.0. The molecule has 0 aliphatic rings. The molecular weight excluding hydrogens is 182 g/mol. The van der Waals surface area contributed by atoms with Gasteiger partial charge in [-0.25, -0.2) is 13.8 Å². The smallest absolute Gasteiger partial charge is 0.280 e. The molecule has 0 atom stereocenters. The Bertz CT molecular complexity index is 342. The molecule has 3 N–H and O–H groups in total. The van der Waals surface area contributed by atoms with E-state index in [1.54, 1.807) is 0 Å². The highest BCUT2D eigenvalue weighted by atomic mass is 19.3. The van der Waals surface area contributed by atoms with E-state index in [1.165, 1.54) is 0 Å². The summed E-state index contributed by atoms with van der Waals surface area (Å²) in [6.07, 6.45) is -2.65. The predicted octanol–water partition coefficient (Wildman–Crippen LogP) is 1.12. The Balaban J connectivity index is 3.30. The van der Waals surface area contributed by atoms with Crippen LogP contribution in [0.3, 0.4) is 0 Å². The van der Waals surface area contributed by atoms with Crippen LogP contribution in [0.25, 0.3) is 0 Å². The van der Waals surface area contributed by atoms with E-state index >= 15 is 0 Å². The molecule has 1 aromatic heterocycles. The Morgan fingerprint density at radius 2 is 2.23 bits per heavy atom. The second kappa shape index (κ2) is 3.34. The van der Waals surface area contributed by atoms with Gasteiger partial charge in [-0.1, -0.05) is 0 Å². The van der Waals surface area contributed by atoms with Crippen LogP contribution in [0.1, 0.15) is 22.6 Å². The number of carbonyl (C=O) groups is 1. The average molecular weight is 188 g/mol. The number of halogens is 2. The van der Waals surface area contributed by atoms with Gasteiger partial charge in [0.05, 0.1) is 5.69 Å². The van der Waals surface area contributed by atoms with Gasteiger partial charge in [0.25, 0.3) is 6.43 Å². The van der Waals surface area contributed by atoms with Crippen molar-refractivity contribution in [3.05, 3.63) is 17.5 Å². The molecule has 4 nitrogen and oxygen atoms in total. The number of aromatic hydroxyl groups is 1. The summed E-state index contributed by atoms with van der Waals surface area (Å²) in [6, 6.07) is 0.826. The molecule has 0 unspecified atom stereocenters. The van der Waals surface area contributed by atoms with E-state index in [0.717, 1.165) is 6.07 Å². The van der Waals surface area contributed by atoms with Crippen molar-refractivity contribution >= 4 is 12.0 Å². The van der Waals surface area contributed by atoms with Crippen LogP contribution in [0, 0.1) is 0 Å². The number of nitrogens with zero attached hydrogens (tertiary/aromatic N) is 1. The lowest BCUT2D eigenvalue weighted by Crippen LogP contribution is -1.99. The third-order valence-electron chi connectivity index (χ3n) is 1.40. The molecule has 0 aliphatic heterocycles. The number of alkyl halides is 2. The molecule has 0 fully saturated rings. The van der Waals surface area contributed by atoms with Gasteiger partial charge in [0.15, 0.2) is 12.0 Å². The zero-order valence-electron chi connectivity index (χ0n) is 6.37. The van der Waals surface area contributed by atoms with Crippen molar-refractivity contribution in [3.63, 3.8) is 0 Å². The first-order valence-electron chi connectivity index (χ1n) is 3.29. The summed E-state index contributed by atoms with van der Waals surface area (Å²) in [5.41, 5.74) is 3.76. The quantitative estimate of drug-likeness (QED) is 0.682. The first-order valence-corrected chi connectivity index (χ1v) is 3.29. The van der Waals surface area contributed by atoms with Crippen LogP contribution in [0.5, 0.6) is 5.75 Å². The molecule has 1 heterocycles. The van der Waals surface area contributed by atoms with Gasteiger partial charge in [-0.05, 0) is 6.07 Å². The van der Waals surface area contributed by atoms with E-state index in [4.69, 9.17) is 10.8 Å². The summed E-state index contributed by atoms with van der Waals surface area (Å²) in [4.78, 5) is 13.4. The number of rotatable bonds is 2. The summed E-state index contributed by atoms with van der Waals surface area (Å²) in [7, 11) is 0. The molecule has 0 amide bonds. The van der Waals surface area contributed by atoms with Gasteiger partial charge in [0.2, 0.25) is 0 Å². The molecule has 0 saturated heterocycles. The number of hydrogen-bond donors (Lipinski definition) is 2. The summed E-state index contributed by atoms with van der Waals surface area (Å²) in [6.45, 7) is 0. The van der Waals surface area contributed by atoms with Gasteiger partial charge < -0.3 is 10.8 Å². The summed E-state index contributed by atoms with van der Waals surface area (Å²) >= 11 is 0. The van der Waals surface area contributed by atoms with Crippen molar-refractivity contribution in [1.82, 2.24) is 4.98 Å². The Kier molecular flexibility index (Phi) is 2.41. The van der Waals surface area contributed by atoms with Gasteiger partial charge >= 0.3 is 0 Å². The molecule has 0 aliphatic carbocycles. The number of aromatic nitrogens is 1.